The molecule has 0 saturated carbocycles. The lowest BCUT2D eigenvalue weighted by Crippen LogP contribution is -2.13. The van der Waals surface area contributed by atoms with Crippen molar-refractivity contribution >= 4 is 10.9 Å². The third-order valence-electron chi connectivity index (χ3n) is 4.16. The van der Waals surface area contributed by atoms with Gasteiger partial charge in [-0.2, -0.15) is 0 Å². The third kappa shape index (κ3) is 2.24. The maximum Gasteiger partial charge on any atom is 0.141 e. The van der Waals surface area contributed by atoms with Crippen LogP contribution in [0, 0.1) is 0 Å². The quantitative estimate of drug-likeness (QED) is 0.761. The number of ether oxygens (including phenoxy) is 1. The monoisotopic (exact) mass is 291 g/mol. The van der Waals surface area contributed by atoms with Gasteiger partial charge in [-0.05, 0) is 43.5 Å². The Balaban J connectivity index is 1.94. The van der Waals surface area contributed by atoms with E-state index >= 15 is 0 Å². The van der Waals surface area contributed by atoms with Crippen molar-refractivity contribution in [2.24, 2.45) is 0 Å². The van der Waals surface area contributed by atoms with Gasteiger partial charge >= 0.3 is 0 Å². The van der Waals surface area contributed by atoms with E-state index in [1.165, 1.54) is 0 Å². The van der Waals surface area contributed by atoms with E-state index in [0.717, 1.165) is 52.9 Å². The Morgan fingerprint density at radius 2 is 1.77 bits per heavy atom. The lowest BCUT2D eigenvalue weighted by molar-refractivity contribution is 0.151. The number of para-hydroxylation sites is 2. The van der Waals surface area contributed by atoms with Gasteiger partial charge in [-0.25, -0.2) is 4.98 Å². The molecule has 110 valence electrons. The van der Waals surface area contributed by atoms with E-state index in [0.29, 0.717) is 0 Å². The molecule has 1 atom stereocenters. The van der Waals surface area contributed by atoms with Gasteiger partial charge in [-0.1, -0.05) is 30.3 Å². The molecule has 4 rings (SSSR count). The molecule has 0 saturated heterocycles. The zero-order valence-electron chi connectivity index (χ0n) is 12.2. The van der Waals surface area contributed by atoms with Crippen LogP contribution in [-0.2, 0) is 6.42 Å². The van der Waals surface area contributed by atoms with Crippen molar-refractivity contribution in [3.8, 4) is 11.5 Å². The van der Waals surface area contributed by atoms with Crippen molar-refractivity contribution in [2.75, 3.05) is 0 Å². The van der Waals surface area contributed by atoms with E-state index in [-0.39, 0.29) is 0 Å². The molecule has 3 heteroatoms. The van der Waals surface area contributed by atoms with Crippen molar-refractivity contribution in [1.82, 2.24) is 4.98 Å². The second-order valence-electron chi connectivity index (χ2n) is 5.65. The molecule has 1 aliphatic carbocycles. The van der Waals surface area contributed by atoms with Crippen molar-refractivity contribution in [3.63, 3.8) is 0 Å². The second-order valence-corrected chi connectivity index (χ2v) is 5.65. The molecule has 1 aromatic heterocycles. The minimum Gasteiger partial charge on any atom is -0.456 e. The van der Waals surface area contributed by atoms with Crippen molar-refractivity contribution in [3.05, 3.63) is 65.9 Å². The predicted octanol–water partition coefficient (Wildman–Crippen LogP) is 4.40. The zero-order valence-corrected chi connectivity index (χ0v) is 12.2. The summed E-state index contributed by atoms with van der Waals surface area (Å²) < 4.78 is 6.19. The van der Waals surface area contributed by atoms with Crippen LogP contribution in [0.3, 0.4) is 0 Å². The number of hydrogen-bond acceptors (Lipinski definition) is 3. The highest BCUT2D eigenvalue weighted by Gasteiger charge is 2.25. The summed E-state index contributed by atoms with van der Waals surface area (Å²) in [7, 11) is 0. The van der Waals surface area contributed by atoms with Crippen LogP contribution in [-0.4, -0.2) is 10.1 Å². The van der Waals surface area contributed by atoms with E-state index < -0.39 is 6.10 Å². The van der Waals surface area contributed by atoms with Crippen LogP contribution in [0.2, 0.25) is 0 Å². The molecule has 0 spiro atoms. The first-order valence-electron chi connectivity index (χ1n) is 7.65. The van der Waals surface area contributed by atoms with Crippen molar-refractivity contribution in [2.45, 2.75) is 25.4 Å². The Labute approximate surface area is 129 Å². The van der Waals surface area contributed by atoms with Gasteiger partial charge in [-0.3, -0.25) is 0 Å². The molecular weight excluding hydrogens is 274 g/mol. The normalized spacial score (nSPS) is 17.2. The van der Waals surface area contributed by atoms with Crippen molar-refractivity contribution in [1.29, 1.82) is 0 Å². The molecule has 3 aromatic rings. The Morgan fingerprint density at radius 1 is 1.00 bits per heavy atom. The number of aliphatic hydroxyl groups is 1. The van der Waals surface area contributed by atoms with Crippen LogP contribution in [0.15, 0.2) is 54.6 Å². The molecule has 0 fully saturated rings. The van der Waals surface area contributed by atoms with Crippen LogP contribution < -0.4 is 4.74 Å². The van der Waals surface area contributed by atoms with Gasteiger partial charge in [0.2, 0.25) is 0 Å². The van der Waals surface area contributed by atoms with Crippen LogP contribution in [0.4, 0.5) is 0 Å². The maximum absolute atomic E-state index is 10.3. The molecule has 0 aliphatic heterocycles. The molecular formula is C19H17NO2. The number of hydrogen-bond donors (Lipinski definition) is 1. The van der Waals surface area contributed by atoms with Gasteiger partial charge in [0.25, 0.3) is 0 Å². The first kappa shape index (κ1) is 13.3. The van der Waals surface area contributed by atoms with Crippen molar-refractivity contribution < 1.29 is 9.84 Å². The van der Waals surface area contributed by atoms with Gasteiger partial charge in [0.05, 0.1) is 17.3 Å². The fourth-order valence-corrected chi connectivity index (χ4v) is 3.09. The topological polar surface area (TPSA) is 42.4 Å². The minimum atomic E-state index is -0.494. The third-order valence-corrected chi connectivity index (χ3v) is 4.16. The van der Waals surface area contributed by atoms with Crippen LogP contribution >= 0.6 is 0 Å². The molecule has 0 radical (unpaired) electrons. The number of fused-ring (bicyclic) bond motifs is 2. The number of aromatic nitrogens is 1. The smallest absolute Gasteiger partial charge is 0.141 e. The fraction of sp³-hybridized carbons (Fsp3) is 0.211. The molecule has 1 heterocycles. The highest BCUT2D eigenvalue weighted by Crippen LogP contribution is 2.40. The van der Waals surface area contributed by atoms with Gasteiger partial charge in [0.15, 0.2) is 0 Å². The summed E-state index contributed by atoms with van der Waals surface area (Å²) in [6, 6.07) is 17.7. The lowest BCUT2D eigenvalue weighted by Gasteiger charge is -2.24. The summed E-state index contributed by atoms with van der Waals surface area (Å²) in [4.78, 5) is 4.67. The molecule has 0 bridgehead atoms. The summed E-state index contributed by atoms with van der Waals surface area (Å²) in [5, 5.41) is 11.3. The van der Waals surface area contributed by atoms with Crippen LogP contribution in [0.1, 0.15) is 30.2 Å². The summed E-state index contributed by atoms with van der Waals surface area (Å²) in [6.45, 7) is 0. The minimum absolute atomic E-state index is 0.494. The van der Waals surface area contributed by atoms with E-state index in [2.05, 4.69) is 4.98 Å². The van der Waals surface area contributed by atoms with Gasteiger partial charge in [0, 0.05) is 10.9 Å². The lowest BCUT2D eigenvalue weighted by atomic mass is 9.91. The molecule has 1 unspecified atom stereocenters. The first-order chi connectivity index (χ1) is 10.8. The Kier molecular flexibility index (Phi) is 3.28. The predicted molar refractivity (Wildman–Crippen MR) is 86.2 cm³/mol. The molecule has 3 nitrogen and oxygen atoms in total. The average molecular weight is 291 g/mol. The molecule has 1 N–H and O–H groups in total. The van der Waals surface area contributed by atoms with Crippen LogP contribution in [0.25, 0.3) is 10.9 Å². The highest BCUT2D eigenvalue weighted by atomic mass is 16.5. The van der Waals surface area contributed by atoms with Gasteiger partial charge in [-0.15, -0.1) is 0 Å². The highest BCUT2D eigenvalue weighted by molar-refractivity contribution is 5.87. The fourth-order valence-electron chi connectivity index (χ4n) is 3.09. The SMILES string of the molecule is OC1CCCc2c1nc1ccccc1c2Oc1ccccc1. The van der Waals surface area contributed by atoms with E-state index in [4.69, 9.17) is 4.74 Å². The van der Waals surface area contributed by atoms with E-state index in [1.807, 2.05) is 54.6 Å². The molecule has 2 aromatic carbocycles. The number of benzene rings is 2. The average Bonchev–Trinajstić information content (AvgIpc) is 2.57. The zero-order chi connectivity index (χ0) is 14.9. The summed E-state index contributed by atoms with van der Waals surface area (Å²) in [5.74, 6) is 1.65. The Hall–Kier alpha value is -2.39. The number of aliphatic hydroxyl groups excluding tert-OH is 1. The first-order valence-corrected chi connectivity index (χ1v) is 7.65. The Morgan fingerprint density at radius 3 is 2.64 bits per heavy atom. The second kappa shape index (κ2) is 5.43. The van der Waals surface area contributed by atoms with Crippen LogP contribution in [0.5, 0.6) is 11.5 Å². The summed E-state index contributed by atoms with van der Waals surface area (Å²) >= 11 is 0. The largest absolute Gasteiger partial charge is 0.456 e. The molecule has 1 aliphatic rings. The molecule has 0 amide bonds. The number of nitrogens with zero attached hydrogens (tertiary/aromatic N) is 1. The van der Waals surface area contributed by atoms with Gasteiger partial charge < -0.3 is 9.84 Å². The van der Waals surface area contributed by atoms with E-state index in [1.54, 1.807) is 0 Å². The number of pyridine rings is 1. The van der Waals surface area contributed by atoms with E-state index in [9.17, 15) is 5.11 Å². The van der Waals surface area contributed by atoms with Gasteiger partial charge in [0.1, 0.15) is 11.5 Å². The molecule has 22 heavy (non-hydrogen) atoms. The summed E-state index contributed by atoms with van der Waals surface area (Å²) in [6.07, 6.45) is 2.13. The summed E-state index contributed by atoms with van der Waals surface area (Å²) in [5.41, 5.74) is 2.69. The number of rotatable bonds is 2. The maximum atomic E-state index is 10.3. The Bertz CT molecular complexity index is 814. The standard InChI is InChI=1S/C19H17NO2/c21-17-12-6-10-15-18(17)20-16-11-5-4-9-14(16)19(15)22-13-7-2-1-3-8-13/h1-5,7-9,11,17,21H,6,10,12H2.